The maximum absolute atomic E-state index is 3.26. The fourth-order valence-corrected chi connectivity index (χ4v) is 2.44. The number of rotatable bonds is 6. The normalized spacial score (nSPS) is 12.1. The molecule has 1 aromatic rings. The van der Waals surface area contributed by atoms with Gasteiger partial charge < -0.3 is 10.2 Å². The summed E-state index contributed by atoms with van der Waals surface area (Å²) in [6, 6.07) is 8.75. The van der Waals surface area contributed by atoms with Crippen LogP contribution in [-0.4, -0.2) is 32.1 Å². The average Bonchev–Trinajstić information content (AvgIpc) is 2.15. The molecule has 96 valence electrons. The van der Waals surface area contributed by atoms with Gasteiger partial charge in [-0.3, -0.25) is 0 Å². The van der Waals surface area contributed by atoms with Crippen molar-refractivity contribution in [2.75, 3.05) is 27.2 Å². The molecule has 0 fully saturated rings. The lowest BCUT2D eigenvalue weighted by Crippen LogP contribution is -2.37. The highest BCUT2D eigenvalue weighted by Gasteiger charge is 2.18. The molecule has 0 atom stereocenters. The van der Waals surface area contributed by atoms with Gasteiger partial charge in [0.1, 0.15) is 0 Å². The molecule has 0 unspecified atom stereocenters. The quantitative estimate of drug-likeness (QED) is 0.814. The molecule has 0 aliphatic carbocycles. The van der Waals surface area contributed by atoms with Gasteiger partial charge in [0.2, 0.25) is 0 Å². The number of hydrogen-bond donors (Lipinski definition) is 1. The Bertz CT molecular complexity index is 345. The topological polar surface area (TPSA) is 15.3 Å². The smallest absolute Gasteiger partial charge is 0.0231 e. The Morgan fingerprint density at radius 1 is 1.29 bits per heavy atom. The zero-order chi connectivity index (χ0) is 12.9. The van der Waals surface area contributed by atoms with E-state index < -0.39 is 0 Å². The highest BCUT2D eigenvalue weighted by atomic mass is 15.1. The van der Waals surface area contributed by atoms with Gasteiger partial charge in [0.05, 0.1) is 0 Å². The Morgan fingerprint density at radius 2 is 2.00 bits per heavy atom. The van der Waals surface area contributed by atoms with Crippen molar-refractivity contribution in [2.24, 2.45) is 5.41 Å². The zero-order valence-corrected chi connectivity index (χ0v) is 11.9. The van der Waals surface area contributed by atoms with Crippen LogP contribution >= 0.6 is 0 Å². The Kier molecular flexibility index (Phi) is 5.16. The van der Waals surface area contributed by atoms with Crippen molar-refractivity contribution in [2.45, 2.75) is 27.3 Å². The molecule has 0 aliphatic heterocycles. The van der Waals surface area contributed by atoms with Crippen molar-refractivity contribution in [1.29, 1.82) is 0 Å². The number of aryl methyl sites for hydroxylation is 1. The first-order chi connectivity index (χ1) is 7.93. The van der Waals surface area contributed by atoms with Crippen LogP contribution in [0.1, 0.15) is 25.0 Å². The SMILES string of the molecule is CNCC(C)(C)CN(C)Cc1cccc(C)c1. The highest BCUT2D eigenvalue weighted by Crippen LogP contribution is 2.16. The maximum atomic E-state index is 3.26. The first-order valence-electron chi connectivity index (χ1n) is 6.32. The van der Waals surface area contributed by atoms with Crippen LogP contribution in [-0.2, 0) is 6.54 Å². The third-order valence-corrected chi connectivity index (χ3v) is 2.89. The average molecular weight is 234 g/mol. The number of benzene rings is 1. The van der Waals surface area contributed by atoms with Gasteiger partial charge in [-0.15, -0.1) is 0 Å². The fourth-order valence-electron chi connectivity index (χ4n) is 2.44. The van der Waals surface area contributed by atoms with Crippen molar-refractivity contribution in [3.05, 3.63) is 35.4 Å². The van der Waals surface area contributed by atoms with E-state index in [1.54, 1.807) is 0 Å². The van der Waals surface area contributed by atoms with Crippen molar-refractivity contribution in [1.82, 2.24) is 10.2 Å². The fraction of sp³-hybridized carbons (Fsp3) is 0.600. The molecular weight excluding hydrogens is 208 g/mol. The van der Waals surface area contributed by atoms with E-state index in [-0.39, 0.29) is 0 Å². The molecule has 0 saturated carbocycles. The molecule has 0 radical (unpaired) electrons. The Morgan fingerprint density at radius 3 is 2.59 bits per heavy atom. The van der Waals surface area contributed by atoms with Crippen molar-refractivity contribution in [3.63, 3.8) is 0 Å². The lowest BCUT2D eigenvalue weighted by molar-refractivity contribution is 0.201. The Labute approximate surface area is 106 Å². The summed E-state index contributed by atoms with van der Waals surface area (Å²) >= 11 is 0. The molecule has 0 aromatic heterocycles. The van der Waals surface area contributed by atoms with Gasteiger partial charge in [0, 0.05) is 19.6 Å². The highest BCUT2D eigenvalue weighted by molar-refractivity contribution is 5.22. The van der Waals surface area contributed by atoms with E-state index in [2.05, 4.69) is 62.3 Å². The molecule has 0 saturated heterocycles. The molecule has 2 nitrogen and oxygen atoms in total. The predicted molar refractivity (Wildman–Crippen MR) is 75.2 cm³/mol. The summed E-state index contributed by atoms with van der Waals surface area (Å²) in [5.74, 6) is 0. The number of hydrogen-bond acceptors (Lipinski definition) is 2. The molecule has 2 heteroatoms. The van der Waals surface area contributed by atoms with Gasteiger partial charge in [0.15, 0.2) is 0 Å². The van der Waals surface area contributed by atoms with Crippen LogP contribution in [0.3, 0.4) is 0 Å². The van der Waals surface area contributed by atoms with Crippen LogP contribution in [0.25, 0.3) is 0 Å². The van der Waals surface area contributed by atoms with E-state index in [1.807, 2.05) is 7.05 Å². The predicted octanol–water partition coefficient (Wildman–Crippen LogP) is 2.67. The second-order valence-corrected chi connectivity index (χ2v) is 5.86. The lowest BCUT2D eigenvalue weighted by atomic mass is 9.92. The van der Waals surface area contributed by atoms with Crippen LogP contribution < -0.4 is 5.32 Å². The minimum absolute atomic E-state index is 0.313. The lowest BCUT2D eigenvalue weighted by Gasteiger charge is -2.30. The minimum Gasteiger partial charge on any atom is -0.319 e. The second kappa shape index (κ2) is 6.18. The first kappa shape index (κ1) is 14.2. The van der Waals surface area contributed by atoms with Crippen molar-refractivity contribution in [3.8, 4) is 0 Å². The standard InChI is InChI=1S/C15H26N2/c1-13-7-6-8-14(9-13)10-17(5)12-15(2,3)11-16-4/h6-9,16H,10-12H2,1-5H3. The summed E-state index contributed by atoms with van der Waals surface area (Å²) in [4.78, 5) is 2.39. The minimum atomic E-state index is 0.313. The van der Waals surface area contributed by atoms with Crippen LogP contribution in [0.2, 0.25) is 0 Å². The summed E-state index contributed by atoms with van der Waals surface area (Å²) in [6.45, 7) is 9.92. The molecule has 1 rings (SSSR count). The van der Waals surface area contributed by atoms with Gasteiger partial charge in [-0.2, -0.15) is 0 Å². The molecule has 17 heavy (non-hydrogen) atoms. The molecule has 0 spiro atoms. The number of nitrogens with one attached hydrogen (secondary N) is 1. The van der Waals surface area contributed by atoms with Gasteiger partial charge in [-0.05, 0) is 32.0 Å². The Hall–Kier alpha value is -0.860. The molecule has 0 bridgehead atoms. The molecular formula is C15H26N2. The summed E-state index contributed by atoms with van der Waals surface area (Å²) in [7, 11) is 4.21. The summed E-state index contributed by atoms with van der Waals surface area (Å²) in [5.41, 5.74) is 3.05. The van der Waals surface area contributed by atoms with Gasteiger partial charge >= 0.3 is 0 Å². The van der Waals surface area contributed by atoms with Gasteiger partial charge in [-0.1, -0.05) is 43.7 Å². The van der Waals surface area contributed by atoms with Crippen LogP contribution in [0.15, 0.2) is 24.3 Å². The molecule has 1 N–H and O–H groups in total. The van der Waals surface area contributed by atoms with Crippen molar-refractivity contribution >= 4 is 0 Å². The third kappa shape index (κ3) is 5.33. The molecule has 0 aliphatic rings. The summed E-state index contributed by atoms with van der Waals surface area (Å²) in [6.07, 6.45) is 0. The molecule has 0 heterocycles. The van der Waals surface area contributed by atoms with E-state index in [9.17, 15) is 0 Å². The molecule has 0 amide bonds. The van der Waals surface area contributed by atoms with E-state index >= 15 is 0 Å². The first-order valence-corrected chi connectivity index (χ1v) is 6.32. The van der Waals surface area contributed by atoms with Crippen LogP contribution in [0, 0.1) is 12.3 Å². The maximum Gasteiger partial charge on any atom is 0.0231 e. The van der Waals surface area contributed by atoms with E-state index in [1.165, 1.54) is 11.1 Å². The monoisotopic (exact) mass is 234 g/mol. The van der Waals surface area contributed by atoms with Gasteiger partial charge in [-0.25, -0.2) is 0 Å². The van der Waals surface area contributed by atoms with E-state index in [0.717, 1.165) is 19.6 Å². The Balaban J connectivity index is 2.52. The van der Waals surface area contributed by atoms with E-state index in [4.69, 9.17) is 0 Å². The summed E-state index contributed by atoms with van der Waals surface area (Å²) in [5, 5.41) is 3.26. The van der Waals surface area contributed by atoms with Crippen molar-refractivity contribution < 1.29 is 0 Å². The summed E-state index contributed by atoms with van der Waals surface area (Å²) < 4.78 is 0. The number of nitrogens with zero attached hydrogens (tertiary/aromatic N) is 1. The molecule has 1 aromatic carbocycles. The second-order valence-electron chi connectivity index (χ2n) is 5.86. The third-order valence-electron chi connectivity index (χ3n) is 2.89. The van der Waals surface area contributed by atoms with E-state index in [0.29, 0.717) is 5.41 Å². The van der Waals surface area contributed by atoms with Gasteiger partial charge in [0.25, 0.3) is 0 Å². The van der Waals surface area contributed by atoms with Crippen LogP contribution in [0.5, 0.6) is 0 Å². The zero-order valence-electron chi connectivity index (χ0n) is 11.9. The largest absolute Gasteiger partial charge is 0.319 e. The van der Waals surface area contributed by atoms with Crippen LogP contribution in [0.4, 0.5) is 0 Å².